The van der Waals surface area contributed by atoms with Crippen LogP contribution in [0.1, 0.15) is 5.76 Å². The van der Waals surface area contributed by atoms with Crippen LogP contribution in [-0.2, 0) is 9.59 Å². The topological polar surface area (TPSA) is 79.6 Å². The molecule has 102 valence electrons. The van der Waals surface area contributed by atoms with E-state index < -0.39 is 17.8 Å². The molecular weight excluding hydrogens is 260 g/mol. The third kappa shape index (κ3) is 2.74. The molecule has 0 atom stereocenters. The van der Waals surface area contributed by atoms with E-state index in [1.807, 2.05) is 0 Å². The Morgan fingerprint density at radius 2 is 2.15 bits per heavy atom. The second kappa shape index (κ2) is 5.83. The van der Waals surface area contributed by atoms with E-state index in [2.05, 4.69) is 11.9 Å². The molecule has 2 heterocycles. The van der Waals surface area contributed by atoms with E-state index in [9.17, 15) is 14.4 Å². The van der Waals surface area contributed by atoms with Crippen LogP contribution in [0.25, 0.3) is 6.08 Å². The van der Waals surface area contributed by atoms with Gasteiger partial charge in [-0.25, -0.2) is 4.79 Å². The van der Waals surface area contributed by atoms with Crippen LogP contribution in [0, 0.1) is 0 Å². The van der Waals surface area contributed by atoms with Crippen molar-refractivity contribution in [1.29, 1.82) is 0 Å². The molecule has 1 aromatic heterocycles. The predicted molar refractivity (Wildman–Crippen MR) is 71.3 cm³/mol. The number of hydrogen-bond donors (Lipinski definition) is 1. The zero-order valence-corrected chi connectivity index (χ0v) is 10.5. The number of urea groups is 1. The summed E-state index contributed by atoms with van der Waals surface area (Å²) in [6, 6.07) is 2.70. The number of rotatable bonds is 4. The Morgan fingerprint density at radius 1 is 1.35 bits per heavy atom. The molecule has 20 heavy (non-hydrogen) atoms. The lowest BCUT2D eigenvalue weighted by Gasteiger charge is -2.24. The van der Waals surface area contributed by atoms with E-state index in [4.69, 9.17) is 4.42 Å². The molecule has 0 unspecified atom stereocenters. The summed E-state index contributed by atoms with van der Waals surface area (Å²) in [5.74, 6) is -0.781. The van der Waals surface area contributed by atoms with Gasteiger partial charge in [-0.2, -0.15) is 0 Å². The number of carbonyl (C=O) groups excluding carboxylic acids is 3. The summed E-state index contributed by atoms with van der Waals surface area (Å²) in [5, 5.41) is 2.09. The van der Waals surface area contributed by atoms with Gasteiger partial charge in [0.25, 0.3) is 11.8 Å². The van der Waals surface area contributed by atoms with E-state index in [-0.39, 0.29) is 12.1 Å². The summed E-state index contributed by atoms with van der Waals surface area (Å²) in [7, 11) is 0. The second-order valence-corrected chi connectivity index (χ2v) is 3.92. The van der Waals surface area contributed by atoms with Gasteiger partial charge in [-0.1, -0.05) is 12.2 Å². The van der Waals surface area contributed by atoms with Gasteiger partial charge in [0.1, 0.15) is 11.3 Å². The maximum absolute atomic E-state index is 12.0. The highest BCUT2D eigenvalue weighted by Crippen LogP contribution is 2.11. The first-order valence-electron chi connectivity index (χ1n) is 5.83. The number of allylic oxidation sites excluding steroid dienone is 2. The summed E-state index contributed by atoms with van der Waals surface area (Å²) in [5.41, 5.74) is -0.116. The standard InChI is InChI=1S/C14H12N2O4/c1-2-8-16-13(18)11(12(17)15-14(16)19)7-3-5-10-6-4-9-20-10/h2-7,9H,1,8H2,(H,15,17,19)/b5-3+,11-7+. The van der Waals surface area contributed by atoms with E-state index in [1.165, 1.54) is 24.5 Å². The second-order valence-electron chi connectivity index (χ2n) is 3.92. The smallest absolute Gasteiger partial charge is 0.331 e. The molecule has 1 aromatic rings. The van der Waals surface area contributed by atoms with Crippen LogP contribution in [0.15, 0.2) is 53.2 Å². The number of nitrogens with zero attached hydrogens (tertiary/aromatic N) is 1. The van der Waals surface area contributed by atoms with Crippen molar-refractivity contribution in [2.75, 3.05) is 6.54 Å². The van der Waals surface area contributed by atoms with Crippen LogP contribution in [0.3, 0.4) is 0 Å². The van der Waals surface area contributed by atoms with Crippen molar-refractivity contribution in [3.05, 3.63) is 54.5 Å². The van der Waals surface area contributed by atoms with Gasteiger partial charge in [0, 0.05) is 6.54 Å². The van der Waals surface area contributed by atoms with Crippen LogP contribution in [-0.4, -0.2) is 29.3 Å². The zero-order chi connectivity index (χ0) is 14.5. The number of amides is 4. The molecule has 4 amide bonds. The van der Waals surface area contributed by atoms with Crippen molar-refractivity contribution < 1.29 is 18.8 Å². The Hall–Kier alpha value is -2.89. The Kier molecular flexibility index (Phi) is 3.95. The van der Waals surface area contributed by atoms with Crippen molar-refractivity contribution in [3.63, 3.8) is 0 Å². The molecule has 0 aromatic carbocycles. The first-order valence-corrected chi connectivity index (χ1v) is 5.83. The maximum Gasteiger partial charge on any atom is 0.331 e. The SMILES string of the molecule is C=CCN1C(=O)NC(=O)/C(=C\C=C\c2ccco2)C1=O. The van der Waals surface area contributed by atoms with Gasteiger partial charge in [0.05, 0.1) is 6.26 Å². The monoisotopic (exact) mass is 272 g/mol. The van der Waals surface area contributed by atoms with Crippen LogP contribution in [0.5, 0.6) is 0 Å². The summed E-state index contributed by atoms with van der Waals surface area (Å²) in [6.07, 6.45) is 7.36. The molecule has 2 rings (SSSR count). The lowest BCUT2D eigenvalue weighted by Crippen LogP contribution is -2.54. The van der Waals surface area contributed by atoms with Crippen molar-refractivity contribution in [1.82, 2.24) is 10.2 Å². The Morgan fingerprint density at radius 3 is 2.80 bits per heavy atom. The number of carbonyl (C=O) groups is 3. The quantitative estimate of drug-likeness (QED) is 0.511. The molecule has 0 saturated carbocycles. The average Bonchev–Trinajstić information content (AvgIpc) is 2.91. The number of hydrogen-bond acceptors (Lipinski definition) is 4. The third-order valence-electron chi connectivity index (χ3n) is 2.56. The van der Waals surface area contributed by atoms with Crippen molar-refractivity contribution in [2.24, 2.45) is 0 Å². The van der Waals surface area contributed by atoms with Gasteiger partial charge in [-0.05, 0) is 24.3 Å². The average molecular weight is 272 g/mol. The fraction of sp³-hybridized carbons (Fsp3) is 0.0714. The molecule has 1 fully saturated rings. The first-order chi connectivity index (χ1) is 9.63. The molecule has 6 nitrogen and oxygen atoms in total. The Labute approximate surface area is 115 Å². The van der Waals surface area contributed by atoms with Gasteiger partial charge in [-0.3, -0.25) is 19.8 Å². The van der Waals surface area contributed by atoms with E-state index >= 15 is 0 Å². The number of furan rings is 1. The summed E-state index contributed by atoms with van der Waals surface area (Å²) >= 11 is 0. The molecule has 1 aliphatic rings. The fourth-order valence-corrected chi connectivity index (χ4v) is 1.63. The normalized spacial score (nSPS) is 17.9. The maximum atomic E-state index is 12.0. The van der Waals surface area contributed by atoms with Gasteiger partial charge in [-0.15, -0.1) is 6.58 Å². The largest absolute Gasteiger partial charge is 0.465 e. The van der Waals surface area contributed by atoms with Crippen LogP contribution < -0.4 is 5.32 Å². The van der Waals surface area contributed by atoms with Crippen LogP contribution in [0.4, 0.5) is 4.79 Å². The molecule has 0 aliphatic carbocycles. The Balaban J connectivity index is 2.20. The fourth-order valence-electron chi connectivity index (χ4n) is 1.63. The molecular formula is C14H12N2O4. The molecule has 1 aliphatic heterocycles. The summed E-state index contributed by atoms with van der Waals surface area (Å²) in [6.45, 7) is 3.50. The third-order valence-corrected chi connectivity index (χ3v) is 2.56. The highest BCUT2D eigenvalue weighted by Gasteiger charge is 2.34. The lowest BCUT2D eigenvalue weighted by molar-refractivity contribution is -0.129. The predicted octanol–water partition coefficient (Wildman–Crippen LogP) is 1.48. The Bertz CT molecular complexity index is 611. The minimum Gasteiger partial charge on any atom is -0.465 e. The van der Waals surface area contributed by atoms with Crippen LogP contribution in [0.2, 0.25) is 0 Å². The summed E-state index contributed by atoms with van der Waals surface area (Å²) < 4.78 is 5.07. The van der Waals surface area contributed by atoms with E-state index in [0.717, 1.165) is 4.90 Å². The van der Waals surface area contributed by atoms with Gasteiger partial charge in [0.2, 0.25) is 0 Å². The lowest BCUT2D eigenvalue weighted by atomic mass is 10.1. The van der Waals surface area contributed by atoms with Crippen molar-refractivity contribution in [2.45, 2.75) is 0 Å². The molecule has 6 heteroatoms. The minimum atomic E-state index is -0.743. The first kappa shape index (κ1) is 13.5. The minimum absolute atomic E-state index is 0.0389. The van der Waals surface area contributed by atoms with E-state index in [1.54, 1.807) is 18.2 Å². The van der Waals surface area contributed by atoms with Gasteiger partial charge in [0.15, 0.2) is 0 Å². The molecule has 1 N–H and O–H groups in total. The molecule has 0 bridgehead atoms. The number of imide groups is 2. The number of barbiturate groups is 1. The van der Waals surface area contributed by atoms with Gasteiger partial charge >= 0.3 is 6.03 Å². The zero-order valence-electron chi connectivity index (χ0n) is 10.5. The number of nitrogens with one attached hydrogen (secondary N) is 1. The van der Waals surface area contributed by atoms with Crippen molar-refractivity contribution in [3.8, 4) is 0 Å². The highest BCUT2D eigenvalue weighted by molar-refractivity contribution is 6.29. The van der Waals surface area contributed by atoms with Crippen molar-refractivity contribution >= 4 is 23.9 Å². The molecule has 0 radical (unpaired) electrons. The van der Waals surface area contributed by atoms with Crippen LogP contribution >= 0.6 is 0 Å². The highest BCUT2D eigenvalue weighted by atomic mass is 16.3. The van der Waals surface area contributed by atoms with E-state index in [0.29, 0.717) is 5.76 Å². The molecule has 1 saturated heterocycles. The molecule has 0 spiro atoms. The summed E-state index contributed by atoms with van der Waals surface area (Å²) in [4.78, 5) is 36.0. The van der Waals surface area contributed by atoms with Gasteiger partial charge < -0.3 is 4.42 Å².